The van der Waals surface area contributed by atoms with Crippen molar-refractivity contribution in [3.05, 3.63) is 42.0 Å². The molecule has 6 nitrogen and oxygen atoms in total. The summed E-state index contributed by atoms with van der Waals surface area (Å²) >= 11 is 0. The summed E-state index contributed by atoms with van der Waals surface area (Å²) in [5, 5.41) is 0.00208. The van der Waals surface area contributed by atoms with Crippen molar-refractivity contribution in [3.8, 4) is 0 Å². The molecule has 1 fully saturated rings. The number of carbonyl (C=O) groups excluding carboxylic acids is 1. The fourth-order valence-corrected chi connectivity index (χ4v) is 8.06. The van der Waals surface area contributed by atoms with Gasteiger partial charge in [-0.3, -0.25) is 8.98 Å². The predicted molar refractivity (Wildman–Crippen MR) is 154 cm³/mol. The van der Waals surface area contributed by atoms with E-state index in [0.717, 1.165) is 12.0 Å². The fraction of sp³-hybridized carbons (Fsp3) is 0.700. The van der Waals surface area contributed by atoms with E-state index in [1.165, 1.54) is 0 Å². The summed E-state index contributed by atoms with van der Waals surface area (Å²) < 4.78 is 44.1. The van der Waals surface area contributed by atoms with Crippen molar-refractivity contribution < 1.29 is 26.6 Å². The highest BCUT2D eigenvalue weighted by Crippen LogP contribution is 2.50. The Hall–Kier alpha value is -1.48. The van der Waals surface area contributed by atoms with E-state index in [4.69, 9.17) is 13.3 Å². The fourth-order valence-electron chi connectivity index (χ4n) is 5.72. The van der Waals surface area contributed by atoms with Gasteiger partial charge in [0.25, 0.3) is 10.1 Å². The molecule has 0 amide bonds. The Morgan fingerprint density at radius 3 is 2.26 bits per heavy atom. The molecule has 2 aliphatic rings. The van der Waals surface area contributed by atoms with Gasteiger partial charge >= 0.3 is 5.97 Å². The zero-order valence-corrected chi connectivity index (χ0v) is 26.5. The van der Waals surface area contributed by atoms with Crippen molar-refractivity contribution in [1.82, 2.24) is 0 Å². The summed E-state index contributed by atoms with van der Waals surface area (Å²) in [7, 11) is -6.04. The van der Waals surface area contributed by atoms with Gasteiger partial charge in [0.15, 0.2) is 8.32 Å². The van der Waals surface area contributed by atoms with Crippen LogP contribution in [0.15, 0.2) is 41.3 Å². The van der Waals surface area contributed by atoms with Gasteiger partial charge in [-0.1, -0.05) is 64.5 Å². The van der Waals surface area contributed by atoms with Gasteiger partial charge < -0.3 is 9.16 Å². The first-order valence-electron chi connectivity index (χ1n) is 14.1. The van der Waals surface area contributed by atoms with Crippen molar-refractivity contribution >= 4 is 24.4 Å². The Morgan fingerprint density at radius 1 is 1.08 bits per heavy atom. The highest BCUT2D eigenvalue weighted by atomic mass is 32.2. The van der Waals surface area contributed by atoms with Crippen LogP contribution >= 0.6 is 0 Å². The molecule has 0 saturated heterocycles. The average molecular weight is 565 g/mol. The first-order valence-corrected chi connectivity index (χ1v) is 18.4. The second-order valence-corrected chi connectivity index (χ2v) is 19.4. The lowest BCUT2D eigenvalue weighted by atomic mass is 9.60. The Kier molecular flexibility index (Phi) is 9.76. The molecular weight excluding hydrogens is 516 g/mol. The van der Waals surface area contributed by atoms with Crippen LogP contribution in [0, 0.1) is 42.4 Å². The maximum Gasteiger partial charge on any atom is 0.309 e. The second-order valence-electron chi connectivity index (χ2n) is 13.0. The standard InChI is InChI=1S/C30H48O6SSi/c1-10-34-29(31)28-25(20(2)3)16-13-23-17-22(18-26(27(23)28)36-38(8,9)30(5,6)7)19-35-37(32,33)24-14-11-21(4)12-15-24/h11-16,20,22-23,25-28H,10,17-19H2,1-9H3/t22-,23?,25+,26-,27?,28-/m0/s1. The lowest BCUT2D eigenvalue weighted by Crippen LogP contribution is -2.54. The highest BCUT2D eigenvalue weighted by molar-refractivity contribution is 7.86. The molecule has 0 spiro atoms. The van der Waals surface area contributed by atoms with Crippen LogP contribution in [-0.4, -0.2) is 42.0 Å². The largest absolute Gasteiger partial charge is 0.466 e. The number of fused-ring (bicyclic) bond motifs is 1. The SMILES string of the molecule is CCOC(=O)[C@@H]1C2C(C=C[C@@H]1C(C)C)C[C@H](COS(=O)(=O)c1ccc(C)cc1)C[C@@H]2O[Si](C)(C)C(C)(C)C. The molecule has 0 heterocycles. The third-order valence-electron chi connectivity index (χ3n) is 8.85. The third-order valence-corrected chi connectivity index (χ3v) is 14.7. The molecule has 2 aliphatic carbocycles. The maximum atomic E-state index is 13.4. The highest BCUT2D eigenvalue weighted by Gasteiger charge is 2.52. The van der Waals surface area contributed by atoms with Crippen LogP contribution in [0.1, 0.15) is 59.9 Å². The second kappa shape index (κ2) is 11.9. The Bertz CT molecular complexity index is 1090. The van der Waals surface area contributed by atoms with Crippen LogP contribution in [0.25, 0.3) is 0 Å². The lowest BCUT2D eigenvalue weighted by molar-refractivity contribution is -0.158. The summed E-state index contributed by atoms with van der Waals surface area (Å²) in [6.07, 6.45) is 5.66. The Morgan fingerprint density at radius 2 is 1.71 bits per heavy atom. The maximum absolute atomic E-state index is 13.4. The molecule has 0 bridgehead atoms. The number of hydrogen-bond acceptors (Lipinski definition) is 6. The smallest absolute Gasteiger partial charge is 0.309 e. The molecular formula is C30H48O6SSi. The molecule has 8 heteroatoms. The first kappa shape index (κ1) is 31.0. The zero-order chi connectivity index (χ0) is 28.5. The molecule has 0 aromatic heterocycles. The Balaban J connectivity index is 1.92. The number of benzene rings is 1. The van der Waals surface area contributed by atoms with Crippen molar-refractivity contribution in [2.24, 2.45) is 35.5 Å². The molecule has 1 saturated carbocycles. The summed E-state index contributed by atoms with van der Waals surface area (Å²) in [6.45, 7) is 19.7. The molecule has 38 heavy (non-hydrogen) atoms. The van der Waals surface area contributed by atoms with E-state index in [1.54, 1.807) is 24.3 Å². The van der Waals surface area contributed by atoms with Gasteiger partial charge in [0.1, 0.15) is 0 Å². The topological polar surface area (TPSA) is 78.9 Å². The van der Waals surface area contributed by atoms with E-state index in [0.29, 0.717) is 13.0 Å². The molecule has 0 aliphatic heterocycles. The summed E-state index contributed by atoms with van der Waals surface area (Å²) in [6, 6.07) is 6.73. The zero-order valence-electron chi connectivity index (χ0n) is 24.7. The minimum atomic E-state index is -3.86. The van der Waals surface area contributed by atoms with E-state index in [-0.39, 0.29) is 64.1 Å². The lowest BCUT2D eigenvalue weighted by Gasteiger charge is -2.51. The van der Waals surface area contributed by atoms with E-state index in [9.17, 15) is 13.2 Å². The van der Waals surface area contributed by atoms with E-state index >= 15 is 0 Å². The molecule has 6 atom stereocenters. The number of allylic oxidation sites excluding steroid dienone is 2. The predicted octanol–water partition coefficient (Wildman–Crippen LogP) is 6.75. The number of aryl methyl sites for hydroxylation is 1. The molecule has 1 aromatic rings. The van der Waals surface area contributed by atoms with Gasteiger partial charge in [-0.15, -0.1) is 0 Å². The van der Waals surface area contributed by atoms with E-state index in [1.807, 2.05) is 13.8 Å². The van der Waals surface area contributed by atoms with Gasteiger partial charge in [-0.05, 0) is 80.6 Å². The van der Waals surface area contributed by atoms with E-state index in [2.05, 4.69) is 59.9 Å². The van der Waals surface area contributed by atoms with Crippen molar-refractivity contribution in [1.29, 1.82) is 0 Å². The van der Waals surface area contributed by atoms with Crippen LogP contribution < -0.4 is 0 Å². The van der Waals surface area contributed by atoms with Crippen LogP contribution in [0.2, 0.25) is 18.1 Å². The molecule has 3 rings (SSSR count). The summed E-state index contributed by atoms with van der Waals surface area (Å²) in [5.41, 5.74) is 0.993. The van der Waals surface area contributed by atoms with Crippen LogP contribution in [0.4, 0.5) is 0 Å². The molecule has 214 valence electrons. The van der Waals surface area contributed by atoms with Crippen molar-refractivity contribution in [2.45, 2.75) is 90.4 Å². The number of carbonyl (C=O) groups is 1. The van der Waals surface area contributed by atoms with Gasteiger partial charge in [-0.2, -0.15) is 8.42 Å². The van der Waals surface area contributed by atoms with Gasteiger partial charge in [0.2, 0.25) is 0 Å². The monoisotopic (exact) mass is 564 g/mol. The minimum Gasteiger partial charge on any atom is -0.466 e. The van der Waals surface area contributed by atoms with Crippen LogP contribution in [-0.2, 0) is 28.3 Å². The third kappa shape index (κ3) is 6.98. The van der Waals surface area contributed by atoms with Gasteiger partial charge in [-0.25, -0.2) is 0 Å². The van der Waals surface area contributed by atoms with Crippen molar-refractivity contribution in [3.63, 3.8) is 0 Å². The van der Waals surface area contributed by atoms with Crippen LogP contribution in [0.3, 0.4) is 0 Å². The first-order chi connectivity index (χ1) is 17.6. The summed E-state index contributed by atoms with van der Waals surface area (Å²) in [4.78, 5) is 13.6. The summed E-state index contributed by atoms with van der Waals surface area (Å²) in [5.74, 6) is 0.0220. The van der Waals surface area contributed by atoms with E-state index < -0.39 is 18.4 Å². The molecule has 0 N–H and O–H groups in total. The minimum absolute atomic E-state index is 0.00208. The van der Waals surface area contributed by atoms with Gasteiger partial charge in [0.05, 0.1) is 24.0 Å². The average Bonchev–Trinajstić information content (AvgIpc) is 2.81. The van der Waals surface area contributed by atoms with Gasteiger partial charge in [0, 0.05) is 12.0 Å². The quantitative estimate of drug-likeness (QED) is 0.143. The molecule has 0 radical (unpaired) electrons. The van der Waals surface area contributed by atoms with Crippen molar-refractivity contribution in [2.75, 3.05) is 13.2 Å². The van der Waals surface area contributed by atoms with Crippen LogP contribution in [0.5, 0.6) is 0 Å². The Labute approximate surface area is 231 Å². The number of ether oxygens (including phenoxy) is 1. The number of esters is 1. The normalized spacial score (nSPS) is 28.3. The molecule has 1 aromatic carbocycles. The molecule has 2 unspecified atom stereocenters. The number of hydrogen-bond donors (Lipinski definition) is 0. The number of rotatable bonds is 9.